The zero-order valence-electron chi connectivity index (χ0n) is 14.4. The summed E-state index contributed by atoms with van der Waals surface area (Å²) in [5.74, 6) is -0.149. The number of aryl methyl sites for hydroxylation is 2. The lowest BCUT2D eigenvalue weighted by atomic mass is 10.1. The molecule has 0 aliphatic carbocycles. The Labute approximate surface area is 142 Å². The van der Waals surface area contributed by atoms with Crippen LogP contribution in [0.25, 0.3) is 0 Å². The highest BCUT2D eigenvalue weighted by molar-refractivity contribution is 5.94. The molecule has 1 aromatic heterocycles. The molecule has 5 heteroatoms. The number of nitrogens with one attached hydrogen (secondary N) is 1. The molecule has 0 saturated heterocycles. The smallest absolute Gasteiger partial charge is 0.223 e. The van der Waals surface area contributed by atoms with E-state index in [9.17, 15) is 9.59 Å². The van der Waals surface area contributed by atoms with Crippen LogP contribution in [-0.2, 0) is 16.1 Å². The van der Waals surface area contributed by atoms with Crippen molar-refractivity contribution in [1.29, 1.82) is 0 Å². The fourth-order valence-corrected chi connectivity index (χ4v) is 2.66. The van der Waals surface area contributed by atoms with Gasteiger partial charge >= 0.3 is 0 Å². The van der Waals surface area contributed by atoms with Crippen LogP contribution < -0.4 is 10.2 Å². The van der Waals surface area contributed by atoms with Gasteiger partial charge in [-0.05, 0) is 36.6 Å². The molecule has 0 aliphatic rings. The number of hydrogen-bond acceptors (Lipinski definition) is 3. The topological polar surface area (TPSA) is 62.3 Å². The highest BCUT2D eigenvalue weighted by atomic mass is 16.2. The molecule has 2 rings (SSSR count). The van der Waals surface area contributed by atoms with Crippen LogP contribution in [-0.4, -0.2) is 23.3 Å². The number of aromatic nitrogens is 1. The lowest BCUT2D eigenvalue weighted by Crippen LogP contribution is -2.34. The van der Waals surface area contributed by atoms with E-state index in [4.69, 9.17) is 0 Å². The Bertz CT molecular complexity index is 694. The fraction of sp³-hybridized carbons (Fsp3) is 0.316. The number of para-hydroxylation sites is 1. The summed E-state index contributed by atoms with van der Waals surface area (Å²) in [5, 5.41) is 2.86. The van der Waals surface area contributed by atoms with Crippen LogP contribution in [0.15, 0.2) is 42.7 Å². The van der Waals surface area contributed by atoms with E-state index in [1.807, 2.05) is 44.2 Å². The van der Waals surface area contributed by atoms with Crippen molar-refractivity contribution in [3.8, 4) is 0 Å². The number of carbonyl (C=O) groups is 2. The maximum absolute atomic E-state index is 12.1. The maximum atomic E-state index is 12.1. The van der Waals surface area contributed by atoms with Gasteiger partial charge in [-0.15, -0.1) is 0 Å². The van der Waals surface area contributed by atoms with Gasteiger partial charge in [-0.25, -0.2) is 0 Å². The maximum Gasteiger partial charge on any atom is 0.223 e. The highest BCUT2D eigenvalue weighted by Crippen LogP contribution is 2.24. The standard InChI is InChI=1S/C19H23N3O2/c1-14-6-4-7-15(2)19(14)22(16(3)23)11-9-18(24)21-13-17-8-5-10-20-12-17/h4-8,10,12H,9,11,13H2,1-3H3,(H,21,24). The van der Waals surface area contributed by atoms with E-state index in [1.54, 1.807) is 17.3 Å². The Morgan fingerprint density at radius 1 is 1.12 bits per heavy atom. The molecule has 5 nitrogen and oxygen atoms in total. The molecule has 0 fully saturated rings. The summed E-state index contributed by atoms with van der Waals surface area (Å²) in [4.78, 5) is 29.8. The molecule has 1 heterocycles. The molecule has 1 N–H and O–H groups in total. The first-order valence-corrected chi connectivity index (χ1v) is 7.99. The molecule has 0 radical (unpaired) electrons. The summed E-state index contributed by atoms with van der Waals surface area (Å²) >= 11 is 0. The summed E-state index contributed by atoms with van der Waals surface area (Å²) in [6, 6.07) is 9.65. The zero-order valence-corrected chi connectivity index (χ0v) is 14.4. The molecular formula is C19H23N3O2. The summed E-state index contributed by atoms with van der Waals surface area (Å²) in [7, 11) is 0. The second kappa shape index (κ2) is 8.24. The van der Waals surface area contributed by atoms with Crippen LogP contribution in [0.5, 0.6) is 0 Å². The second-order valence-corrected chi connectivity index (χ2v) is 5.80. The van der Waals surface area contributed by atoms with E-state index in [2.05, 4.69) is 10.3 Å². The van der Waals surface area contributed by atoms with Crippen molar-refractivity contribution >= 4 is 17.5 Å². The van der Waals surface area contributed by atoms with E-state index in [0.717, 1.165) is 22.4 Å². The Kier molecular flexibility index (Phi) is 6.07. The molecule has 1 aromatic carbocycles. The third kappa shape index (κ3) is 4.65. The van der Waals surface area contributed by atoms with Crippen LogP contribution >= 0.6 is 0 Å². The largest absolute Gasteiger partial charge is 0.352 e. The number of carbonyl (C=O) groups excluding carboxylic acids is 2. The van der Waals surface area contributed by atoms with Crippen LogP contribution in [0.2, 0.25) is 0 Å². The molecule has 2 aromatic rings. The molecule has 0 atom stereocenters. The van der Waals surface area contributed by atoms with Crippen molar-refractivity contribution in [2.45, 2.75) is 33.7 Å². The van der Waals surface area contributed by atoms with Gasteiger partial charge in [-0.2, -0.15) is 0 Å². The Hall–Kier alpha value is -2.69. The van der Waals surface area contributed by atoms with Crippen LogP contribution in [0.1, 0.15) is 30.0 Å². The monoisotopic (exact) mass is 325 g/mol. The van der Waals surface area contributed by atoms with E-state index in [0.29, 0.717) is 13.1 Å². The first kappa shape index (κ1) is 17.7. The third-order valence-electron chi connectivity index (χ3n) is 3.86. The van der Waals surface area contributed by atoms with Crippen LogP contribution in [0.3, 0.4) is 0 Å². The predicted octanol–water partition coefficient (Wildman–Crippen LogP) is 2.76. The van der Waals surface area contributed by atoms with Gasteiger partial charge in [0.25, 0.3) is 0 Å². The number of anilines is 1. The normalized spacial score (nSPS) is 10.3. The first-order chi connectivity index (χ1) is 11.5. The average Bonchev–Trinajstić information content (AvgIpc) is 2.56. The Balaban J connectivity index is 1.97. The number of nitrogens with zero attached hydrogens (tertiary/aromatic N) is 2. The fourth-order valence-electron chi connectivity index (χ4n) is 2.66. The van der Waals surface area contributed by atoms with E-state index >= 15 is 0 Å². The van der Waals surface area contributed by atoms with Crippen molar-refractivity contribution in [1.82, 2.24) is 10.3 Å². The van der Waals surface area contributed by atoms with Crippen molar-refractivity contribution in [2.75, 3.05) is 11.4 Å². The molecule has 0 saturated carbocycles. The minimum Gasteiger partial charge on any atom is -0.352 e. The molecule has 0 bridgehead atoms. The van der Waals surface area contributed by atoms with Crippen LogP contribution in [0.4, 0.5) is 5.69 Å². The lowest BCUT2D eigenvalue weighted by Gasteiger charge is -2.25. The average molecular weight is 325 g/mol. The second-order valence-electron chi connectivity index (χ2n) is 5.80. The van der Waals surface area contributed by atoms with Gasteiger partial charge in [0.1, 0.15) is 0 Å². The highest BCUT2D eigenvalue weighted by Gasteiger charge is 2.17. The SMILES string of the molecule is CC(=O)N(CCC(=O)NCc1cccnc1)c1c(C)cccc1C. The number of hydrogen-bond donors (Lipinski definition) is 1. The quantitative estimate of drug-likeness (QED) is 0.888. The van der Waals surface area contributed by atoms with Gasteiger partial charge in [0.2, 0.25) is 11.8 Å². The Morgan fingerprint density at radius 3 is 2.42 bits per heavy atom. The van der Waals surface area contributed by atoms with Gasteiger partial charge in [0.15, 0.2) is 0 Å². The third-order valence-corrected chi connectivity index (χ3v) is 3.86. The van der Waals surface area contributed by atoms with Crippen LogP contribution in [0, 0.1) is 13.8 Å². The van der Waals surface area contributed by atoms with E-state index in [-0.39, 0.29) is 18.2 Å². The molecule has 24 heavy (non-hydrogen) atoms. The van der Waals surface area contributed by atoms with Crippen molar-refractivity contribution in [2.24, 2.45) is 0 Å². The summed E-state index contributed by atoms with van der Waals surface area (Å²) in [5.41, 5.74) is 3.90. The predicted molar refractivity (Wildman–Crippen MR) is 94.6 cm³/mol. The zero-order chi connectivity index (χ0) is 17.5. The van der Waals surface area contributed by atoms with E-state index in [1.165, 1.54) is 6.92 Å². The number of amides is 2. The van der Waals surface area contributed by atoms with E-state index < -0.39 is 0 Å². The van der Waals surface area contributed by atoms with Gasteiger partial charge in [0.05, 0.1) is 0 Å². The molecule has 0 aliphatic heterocycles. The number of pyridine rings is 1. The first-order valence-electron chi connectivity index (χ1n) is 7.99. The minimum atomic E-state index is -0.0867. The molecule has 126 valence electrons. The number of benzene rings is 1. The molecule has 0 spiro atoms. The van der Waals surface area contributed by atoms with Gasteiger partial charge < -0.3 is 10.2 Å². The van der Waals surface area contributed by atoms with Crippen molar-refractivity contribution in [3.63, 3.8) is 0 Å². The van der Waals surface area contributed by atoms with Gasteiger partial charge in [-0.1, -0.05) is 24.3 Å². The summed E-state index contributed by atoms with van der Waals surface area (Å²) in [6.45, 7) is 6.27. The molecule has 0 unspecified atom stereocenters. The number of rotatable bonds is 6. The van der Waals surface area contributed by atoms with Gasteiger partial charge in [0, 0.05) is 44.5 Å². The van der Waals surface area contributed by atoms with Crippen molar-refractivity contribution in [3.05, 3.63) is 59.4 Å². The molecular weight excluding hydrogens is 302 g/mol. The molecule has 2 amide bonds. The lowest BCUT2D eigenvalue weighted by molar-refractivity contribution is -0.121. The Morgan fingerprint density at radius 2 is 1.83 bits per heavy atom. The summed E-state index contributed by atoms with van der Waals surface area (Å²) < 4.78 is 0. The van der Waals surface area contributed by atoms with Gasteiger partial charge in [-0.3, -0.25) is 14.6 Å². The summed E-state index contributed by atoms with van der Waals surface area (Å²) in [6.07, 6.45) is 3.67. The van der Waals surface area contributed by atoms with Crippen molar-refractivity contribution < 1.29 is 9.59 Å². The minimum absolute atomic E-state index is 0.0625.